The fourth-order valence-electron chi connectivity index (χ4n) is 1.75. The Bertz CT molecular complexity index is 649. The fourth-order valence-corrected chi connectivity index (χ4v) is 2.76. The lowest BCUT2D eigenvalue weighted by Crippen LogP contribution is -1.99. The van der Waals surface area contributed by atoms with Crippen LogP contribution in [-0.4, -0.2) is 7.11 Å². The van der Waals surface area contributed by atoms with E-state index in [1.165, 1.54) is 7.11 Å². The normalized spacial score (nSPS) is 12.3. The minimum atomic E-state index is -0.830. The predicted molar refractivity (Wildman–Crippen MR) is 79.8 cm³/mol. The van der Waals surface area contributed by atoms with Crippen LogP contribution in [0.25, 0.3) is 0 Å². The highest BCUT2D eigenvalue weighted by atomic mass is 79.9. The molecule has 1 atom stereocenters. The predicted octanol–water partition coefficient (Wildman–Crippen LogP) is 5.72. The molecule has 0 fully saturated rings. The van der Waals surface area contributed by atoms with Crippen LogP contribution in [0.3, 0.4) is 0 Å². The Kier molecular flexibility index (Phi) is 4.89. The SMILES string of the molecule is COc1ccc(C(Cl)c2cc(F)c(Cl)cc2F)cc1Br. The number of rotatable bonds is 3. The summed E-state index contributed by atoms with van der Waals surface area (Å²) in [5, 5.41) is -1.10. The van der Waals surface area contributed by atoms with Crippen molar-refractivity contribution in [3.05, 3.63) is 62.6 Å². The van der Waals surface area contributed by atoms with Crippen molar-refractivity contribution in [1.29, 1.82) is 0 Å². The second-order valence-corrected chi connectivity index (χ2v) is 5.74. The molecule has 2 rings (SSSR count). The molecule has 0 aliphatic carbocycles. The van der Waals surface area contributed by atoms with Crippen LogP contribution in [0.15, 0.2) is 34.8 Å². The Hall–Kier alpha value is -0.840. The summed E-state index contributed by atoms with van der Waals surface area (Å²) in [7, 11) is 1.53. The summed E-state index contributed by atoms with van der Waals surface area (Å²) in [5.74, 6) is -0.731. The highest BCUT2D eigenvalue weighted by Crippen LogP contribution is 2.36. The Morgan fingerprint density at radius 2 is 1.85 bits per heavy atom. The van der Waals surface area contributed by atoms with E-state index in [-0.39, 0.29) is 10.6 Å². The summed E-state index contributed by atoms with van der Waals surface area (Å²) in [6, 6.07) is 7.00. The molecular weight excluding hydrogens is 373 g/mol. The van der Waals surface area contributed by atoms with Crippen molar-refractivity contribution in [1.82, 2.24) is 0 Å². The van der Waals surface area contributed by atoms with Crippen molar-refractivity contribution in [3.63, 3.8) is 0 Å². The van der Waals surface area contributed by atoms with Gasteiger partial charge in [0, 0.05) is 5.56 Å². The monoisotopic (exact) mass is 380 g/mol. The molecule has 1 nitrogen and oxygen atoms in total. The molecule has 0 radical (unpaired) electrons. The average Bonchev–Trinajstić information content (AvgIpc) is 2.42. The van der Waals surface area contributed by atoms with Gasteiger partial charge in [0.1, 0.15) is 17.4 Å². The minimum absolute atomic E-state index is 0.0330. The molecule has 2 aromatic rings. The minimum Gasteiger partial charge on any atom is -0.496 e. The van der Waals surface area contributed by atoms with Gasteiger partial charge in [-0.05, 0) is 45.8 Å². The maximum Gasteiger partial charge on any atom is 0.142 e. The van der Waals surface area contributed by atoms with E-state index >= 15 is 0 Å². The number of benzene rings is 2. The smallest absolute Gasteiger partial charge is 0.142 e. The zero-order valence-electron chi connectivity index (χ0n) is 10.3. The van der Waals surface area contributed by atoms with Crippen molar-refractivity contribution in [2.75, 3.05) is 7.11 Å². The molecule has 0 spiro atoms. The topological polar surface area (TPSA) is 9.23 Å². The second kappa shape index (κ2) is 6.29. The van der Waals surface area contributed by atoms with E-state index in [1.54, 1.807) is 18.2 Å². The van der Waals surface area contributed by atoms with Crippen LogP contribution >= 0.6 is 39.1 Å². The molecule has 0 bridgehead atoms. The maximum absolute atomic E-state index is 13.8. The second-order valence-electron chi connectivity index (χ2n) is 4.04. The molecule has 0 heterocycles. The van der Waals surface area contributed by atoms with E-state index in [0.29, 0.717) is 15.8 Å². The van der Waals surface area contributed by atoms with Crippen molar-refractivity contribution in [2.45, 2.75) is 5.38 Å². The van der Waals surface area contributed by atoms with Crippen LogP contribution in [0.1, 0.15) is 16.5 Å². The molecule has 0 aliphatic rings. The largest absolute Gasteiger partial charge is 0.496 e. The summed E-state index contributed by atoms with van der Waals surface area (Å²) in [4.78, 5) is 0. The van der Waals surface area contributed by atoms with Gasteiger partial charge in [-0.1, -0.05) is 17.7 Å². The van der Waals surface area contributed by atoms with E-state index < -0.39 is 17.0 Å². The molecule has 2 aromatic carbocycles. The summed E-state index contributed by atoms with van der Waals surface area (Å²) >= 11 is 15.1. The zero-order valence-corrected chi connectivity index (χ0v) is 13.4. The molecule has 0 saturated carbocycles. The number of alkyl halides is 1. The third-order valence-electron chi connectivity index (χ3n) is 2.78. The summed E-state index contributed by atoms with van der Waals surface area (Å²) in [6.07, 6.45) is 0. The molecule has 106 valence electrons. The molecular formula is C14H9BrCl2F2O. The number of methoxy groups -OCH3 is 1. The summed E-state index contributed by atoms with van der Waals surface area (Å²) in [6.45, 7) is 0. The Morgan fingerprint density at radius 3 is 2.45 bits per heavy atom. The lowest BCUT2D eigenvalue weighted by atomic mass is 10.0. The molecule has 6 heteroatoms. The Balaban J connectivity index is 2.43. The first kappa shape index (κ1) is 15.5. The molecule has 20 heavy (non-hydrogen) atoms. The average molecular weight is 382 g/mol. The van der Waals surface area contributed by atoms with Crippen LogP contribution < -0.4 is 4.74 Å². The van der Waals surface area contributed by atoms with Crippen LogP contribution in [0, 0.1) is 11.6 Å². The van der Waals surface area contributed by atoms with Crippen molar-refractivity contribution in [2.24, 2.45) is 0 Å². The van der Waals surface area contributed by atoms with E-state index in [1.807, 2.05) is 0 Å². The standard InChI is InChI=1S/C14H9BrCl2F2O/c1-20-13-3-2-7(4-9(13)15)14(17)8-5-12(19)10(16)6-11(8)18/h2-6,14H,1H3. The van der Waals surface area contributed by atoms with Crippen LogP contribution in [0.2, 0.25) is 5.02 Å². The van der Waals surface area contributed by atoms with E-state index in [2.05, 4.69) is 15.9 Å². The highest BCUT2D eigenvalue weighted by Gasteiger charge is 2.19. The fraction of sp³-hybridized carbons (Fsp3) is 0.143. The van der Waals surface area contributed by atoms with Gasteiger partial charge >= 0.3 is 0 Å². The molecule has 1 unspecified atom stereocenters. The van der Waals surface area contributed by atoms with E-state index in [9.17, 15) is 8.78 Å². The lowest BCUT2D eigenvalue weighted by molar-refractivity contribution is 0.412. The number of halogens is 5. The van der Waals surface area contributed by atoms with Gasteiger partial charge in [-0.2, -0.15) is 0 Å². The first-order chi connectivity index (χ1) is 9.43. The molecule has 0 aliphatic heterocycles. The van der Waals surface area contributed by atoms with Gasteiger partial charge in [0.15, 0.2) is 0 Å². The van der Waals surface area contributed by atoms with Gasteiger partial charge < -0.3 is 4.74 Å². The van der Waals surface area contributed by atoms with Gasteiger partial charge in [-0.25, -0.2) is 8.78 Å². The number of hydrogen-bond acceptors (Lipinski definition) is 1. The van der Waals surface area contributed by atoms with Crippen LogP contribution in [-0.2, 0) is 0 Å². The van der Waals surface area contributed by atoms with Crippen LogP contribution in [0.4, 0.5) is 8.78 Å². The van der Waals surface area contributed by atoms with Gasteiger partial charge in [-0.15, -0.1) is 11.6 Å². The third kappa shape index (κ3) is 3.08. The van der Waals surface area contributed by atoms with Gasteiger partial charge in [-0.3, -0.25) is 0 Å². The first-order valence-electron chi connectivity index (χ1n) is 5.56. The molecule has 0 saturated heterocycles. The first-order valence-corrected chi connectivity index (χ1v) is 7.16. The molecule has 0 aromatic heterocycles. The maximum atomic E-state index is 13.8. The van der Waals surface area contributed by atoms with Crippen molar-refractivity contribution in [3.8, 4) is 5.75 Å². The van der Waals surface area contributed by atoms with Crippen LogP contribution in [0.5, 0.6) is 5.75 Å². The zero-order chi connectivity index (χ0) is 14.9. The third-order valence-corrected chi connectivity index (χ3v) is 4.18. The Labute approximate surface area is 133 Å². The summed E-state index contributed by atoms with van der Waals surface area (Å²) < 4.78 is 33.1. The van der Waals surface area contributed by atoms with E-state index in [0.717, 1.165) is 12.1 Å². The van der Waals surface area contributed by atoms with Gasteiger partial charge in [0.2, 0.25) is 0 Å². The van der Waals surface area contributed by atoms with Crippen molar-refractivity contribution < 1.29 is 13.5 Å². The lowest BCUT2D eigenvalue weighted by Gasteiger charge is -2.13. The van der Waals surface area contributed by atoms with Crippen molar-refractivity contribution >= 4 is 39.1 Å². The Morgan fingerprint density at radius 1 is 1.15 bits per heavy atom. The molecule has 0 N–H and O–H groups in total. The van der Waals surface area contributed by atoms with Gasteiger partial charge in [0.25, 0.3) is 0 Å². The quantitative estimate of drug-likeness (QED) is 0.488. The number of hydrogen-bond donors (Lipinski definition) is 0. The highest BCUT2D eigenvalue weighted by molar-refractivity contribution is 9.10. The summed E-state index contributed by atoms with van der Waals surface area (Å²) in [5.41, 5.74) is 0.644. The van der Waals surface area contributed by atoms with Gasteiger partial charge in [0.05, 0.1) is 22.0 Å². The van der Waals surface area contributed by atoms with E-state index in [4.69, 9.17) is 27.9 Å². The number of ether oxygens (including phenoxy) is 1. The molecule has 0 amide bonds.